The quantitative estimate of drug-likeness (QED) is 0.389. The number of halogens is 5. The number of aromatic amines is 1. The van der Waals surface area contributed by atoms with E-state index in [2.05, 4.69) is 10.1 Å². The van der Waals surface area contributed by atoms with Gasteiger partial charge in [0, 0.05) is 22.9 Å². The van der Waals surface area contributed by atoms with Crippen molar-refractivity contribution in [2.45, 2.75) is 44.7 Å². The Kier molecular flexibility index (Phi) is 5.76. The molecule has 3 aromatic rings. The molecule has 2 heterocycles. The third kappa shape index (κ3) is 4.24. The summed E-state index contributed by atoms with van der Waals surface area (Å²) in [5, 5.41) is 13.3. The topological polar surface area (TPSA) is 80.1 Å². The van der Waals surface area contributed by atoms with Crippen LogP contribution in [0, 0.1) is 5.82 Å². The summed E-state index contributed by atoms with van der Waals surface area (Å²) in [5.74, 6) is -1.64. The zero-order valence-corrected chi connectivity index (χ0v) is 17.5. The second-order valence-corrected chi connectivity index (χ2v) is 8.00. The van der Waals surface area contributed by atoms with Crippen molar-refractivity contribution in [3.63, 3.8) is 0 Å². The predicted octanol–water partition coefficient (Wildman–Crippen LogP) is 5.06. The average molecular weight is 472 g/mol. The number of hydrogen-bond donors (Lipinski definition) is 2. The van der Waals surface area contributed by atoms with Crippen molar-refractivity contribution < 1.29 is 32.2 Å². The van der Waals surface area contributed by atoms with E-state index in [1.54, 1.807) is 0 Å². The predicted molar refractivity (Wildman–Crippen MR) is 108 cm³/mol. The van der Waals surface area contributed by atoms with Crippen LogP contribution in [0.25, 0.3) is 22.4 Å². The number of nitrogens with zero attached hydrogens (tertiary/aromatic N) is 2. The highest BCUT2D eigenvalue weighted by atomic mass is 35.5. The van der Waals surface area contributed by atoms with Crippen LogP contribution in [0.1, 0.15) is 35.8 Å². The number of hydrogen-bond acceptors (Lipinski definition) is 4. The molecule has 6 nitrogen and oxygen atoms in total. The summed E-state index contributed by atoms with van der Waals surface area (Å²) >= 11 is 6.15. The van der Waals surface area contributed by atoms with E-state index in [0.717, 1.165) is 12.3 Å². The molecule has 32 heavy (non-hydrogen) atoms. The van der Waals surface area contributed by atoms with Crippen LogP contribution in [0.2, 0.25) is 5.02 Å². The van der Waals surface area contributed by atoms with Gasteiger partial charge in [-0.25, -0.2) is 9.18 Å². The summed E-state index contributed by atoms with van der Waals surface area (Å²) in [6.45, 7) is 0.913. The Labute approximate surface area is 184 Å². The number of carbonyl (C=O) groups is 1. The van der Waals surface area contributed by atoms with Crippen LogP contribution in [0.3, 0.4) is 0 Å². The first-order valence-corrected chi connectivity index (χ1v) is 10.1. The Hall–Kier alpha value is -2.85. The molecule has 2 N–H and O–H groups in total. The molecule has 1 saturated carbocycles. The second-order valence-electron chi connectivity index (χ2n) is 7.59. The summed E-state index contributed by atoms with van der Waals surface area (Å²) in [7, 11) is 0. The molecule has 1 aliphatic carbocycles. The molecule has 0 radical (unpaired) electrons. The molecule has 4 rings (SSSR count). The lowest BCUT2D eigenvalue weighted by Gasteiger charge is -2.14. The lowest BCUT2D eigenvalue weighted by atomic mass is 9.99. The average Bonchev–Trinajstić information content (AvgIpc) is 3.22. The number of H-pyrrole nitrogens is 1. The largest absolute Gasteiger partial charge is 0.459 e. The standard InChI is InChI=1S/C21H18ClF4N3O3/c1-10(30)9-29-19(21(24,25)26)13(8-28-29)18-17(20(31)32-11-5-6-11)12(7-27-18)16-14(22)3-2-4-15(16)23/h2-4,7-8,10-11,27,30H,5-6,9H2,1H3/t10-/m0/s1. The van der Waals surface area contributed by atoms with Gasteiger partial charge >= 0.3 is 12.1 Å². The van der Waals surface area contributed by atoms with Crippen LogP contribution >= 0.6 is 11.6 Å². The number of esters is 1. The maximum atomic E-state index is 14.6. The fraction of sp³-hybridized carbons (Fsp3) is 0.333. The molecule has 1 aliphatic rings. The molecule has 0 unspecified atom stereocenters. The molecule has 11 heteroatoms. The van der Waals surface area contributed by atoms with Crippen LogP contribution in [0.5, 0.6) is 0 Å². The Bertz CT molecular complexity index is 1150. The minimum absolute atomic E-state index is 0.0168. The molecule has 0 bridgehead atoms. The van der Waals surface area contributed by atoms with Gasteiger partial charge in [-0.1, -0.05) is 17.7 Å². The van der Waals surface area contributed by atoms with Gasteiger partial charge in [0.2, 0.25) is 0 Å². The van der Waals surface area contributed by atoms with Gasteiger partial charge in [-0.15, -0.1) is 0 Å². The molecule has 0 amide bonds. The van der Waals surface area contributed by atoms with E-state index >= 15 is 0 Å². The minimum Gasteiger partial charge on any atom is -0.459 e. The fourth-order valence-corrected chi connectivity index (χ4v) is 3.72. The summed E-state index contributed by atoms with van der Waals surface area (Å²) in [6.07, 6.45) is -2.84. The Balaban J connectivity index is 1.94. The van der Waals surface area contributed by atoms with Crippen LogP contribution in [-0.2, 0) is 17.5 Å². The van der Waals surface area contributed by atoms with Gasteiger partial charge in [0.25, 0.3) is 0 Å². The molecule has 1 atom stereocenters. The lowest BCUT2D eigenvalue weighted by Crippen LogP contribution is -2.21. The number of aliphatic hydroxyl groups excluding tert-OH is 1. The van der Waals surface area contributed by atoms with E-state index in [-0.39, 0.29) is 33.5 Å². The van der Waals surface area contributed by atoms with E-state index in [9.17, 15) is 27.5 Å². The normalized spacial score (nSPS) is 15.1. The van der Waals surface area contributed by atoms with E-state index in [1.165, 1.54) is 25.3 Å². The SMILES string of the molecule is C[C@H](O)Cn1ncc(-c2[nH]cc(-c3c(F)cccc3Cl)c2C(=O)OC2CC2)c1C(F)(F)F. The molecular formula is C21H18ClF4N3O3. The van der Waals surface area contributed by atoms with Gasteiger partial charge in [-0.05, 0) is 31.9 Å². The molecule has 0 spiro atoms. The van der Waals surface area contributed by atoms with Crippen molar-refractivity contribution >= 4 is 17.6 Å². The molecule has 170 valence electrons. The highest BCUT2D eigenvalue weighted by molar-refractivity contribution is 6.33. The Morgan fingerprint density at radius 3 is 2.69 bits per heavy atom. The van der Waals surface area contributed by atoms with E-state index in [4.69, 9.17) is 16.3 Å². The number of ether oxygens (including phenoxy) is 1. The molecule has 0 saturated heterocycles. The molecule has 0 aliphatic heterocycles. The zero-order valence-electron chi connectivity index (χ0n) is 16.7. The number of benzene rings is 1. The van der Waals surface area contributed by atoms with Gasteiger partial charge in [-0.2, -0.15) is 18.3 Å². The maximum Gasteiger partial charge on any atom is 0.433 e. The van der Waals surface area contributed by atoms with Crippen molar-refractivity contribution in [2.75, 3.05) is 0 Å². The first kappa shape index (κ1) is 22.3. The zero-order chi connectivity index (χ0) is 23.2. The van der Waals surface area contributed by atoms with E-state index in [1.807, 2.05) is 0 Å². The lowest BCUT2D eigenvalue weighted by molar-refractivity contribution is -0.144. The van der Waals surface area contributed by atoms with Crippen LogP contribution in [0.15, 0.2) is 30.6 Å². The molecule has 1 fully saturated rings. The highest BCUT2D eigenvalue weighted by Crippen LogP contribution is 2.43. The number of aliphatic hydroxyl groups is 1. The number of alkyl halides is 3. The number of carbonyl (C=O) groups excluding carboxylic acids is 1. The van der Waals surface area contributed by atoms with Gasteiger partial charge in [-0.3, -0.25) is 4.68 Å². The summed E-state index contributed by atoms with van der Waals surface area (Å²) in [5.41, 5.74) is -2.25. The highest BCUT2D eigenvalue weighted by Gasteiger charge is 2.41. The number of nitrogens with one attached hydrogen (secondary N) is 1. The van der Waals surface area contributed by atoms with Crippen LogP contribution in [0.4, 0.5) is 17.6 Å². The van der Waals surface area contributed by atoms with Crippen molar-refractivity contribution in [1.82, 2.24) is 14.8 Å². The Morgan fingerprint density at radius 1 is 1.38 bits per heavy atom. The third-order valence-corrected chi connectivity index (χ3v) is 5.24. The molecule has 2 aromatic heterocycles. The third-order valence-electron chi connectivity index (χ3n) is 4.93. The summed E-state index contributed by atoms with van der Waals surface area (Å²) < 4.78 is 62.4. The van der Waals surface area contributed by atoms with E-state index < -0.39 is 41.9 Å². The second kappa shape index (κ2) is 8.25. The van der Waals surface area contributed by atoms with Gasteiger partial charge in [0.15, 0.2) is 5.69 Å². The molecule has 1 aromatic carbocycles. The minimum atomic E-state index is -4.85. The summed E-state index contributed by atoms with van der Waals surface area (Å²) in [4.78, 5) is 15.6. The Morgan fingerprint density at radius 2 is 2.09 bits per heavy atom. The van der Waals surface area contributed by atoms with Crippen molar-refractivity contribution in [3.8, 4) is 22.4 Å². The first-order valence-electron chi connectivity index (χ1n) is 9.76. The van der Waals surface area contributed by atoms with Gasteiger partial charge in [0.05, 0.1) is 35.1 Å². The van der Waals surface area contributed by atoms with Gasteiger partial charge < -0.3 is 14.8 Å². The van der Waals surface area contributed by atoms with Crippen LogP contribution in [-0.4, -0.2) is 38.0 Å². The summed E-state index contributed by atoms with van der Waals surface area (Å²) in [6, 6.07) is 3.91. The van der Waals surface area contributed by atoms with Crippen molar-refractivity contribution in [1.29, 1.82) is 0 Å². The van der Waals surface area contributed by atoms with Crippen LogP contribution < -0.4 is 0 Å². The first-order chi connectivity index (χ1) is 15.1. The van der Waals surface area contributed by atoms with Crippen molar-refractivity contribution in [2.24, 2.45) is 0 Å². The number of aromatic nitrogens is 3. The number of rotatable bonds is 6. The smallest absolute Gasteiger partial charge is 0.433 e. The van der Waals surface area contributed by atoms with E-state index in [0.29, 0.717) is 17.5 Å². The van der Waals surface area contributed by atoms with Crippen molar-refractivity contribution in [3.05, 3.63) is 52.7 Å². The van der Waals surface area contributed by atoms with Gasteiger partial charge in [0.1, 0.15) is 11.9 Å². The maximum absolute atomic E-state index is 14.6. The monoisotopic (exact) mass is 471 g/mol. The fourth-order valence-electron chi connectivity index (χ4n) is 3.45. The molecular weight excluding hydrogens is 454 g/mol.